The number of urea groups is 1. The maximum atomic E-state index is 12.2. The van der Waals surface area contributed by atoms with E-state index in [4.69, 9.17) is 10.00 Å². The van der Waals surface area contributed by atoms with Crippen molar-refractivity contribution in [2.45, 2.75) is 51.8 Å². The molecule has 1 fully saturated rings. The molecule has 146 valence electrons. The van der Waals surface area contributed by atoms with Crippen LogP contribution < -0.4 is 15.0 Å². The zero-order valence-electron chi connectivity index (χ0n) is 16.6. The smallest absolute Gasteiger partial charge is 0.324 e. The second-order valence-electron chi connectivity index (χ2n) is 8.42. The largest absolute Gasteiger partial charge is 0.439 e. The lowest BCUT2D eigenvalue weighted by atomic mass is 9.85. The number of aliphatic hydroxyl groups excluding tert-OH is 1. The molecule has 0 spiro atoms. The fourth-order valence-electron chi connectivity index (χ4n) is 3.06. The number of nitrogens with zero attached hydrogens (tertiary/aromatic N) is 3. The number of amides is 2. The Hall–Kier alpha value is -3.11. The van der Waals surface area contributed by atoms with Crippen LogP contribution in [0.5, 0.6) is 11.6 Å². The Morgan fingerprint density at radius 3 is 2.50 bits per heavy atom. The number of aliphatic hydroxyl groups is 1. The van der Waals surface area contributed by atoms with Gasteiger partial charge < -0.3 is 15.2 Å². The number of anilines is 1. The Kier molecular flexibility index (Phi) is 4.77. The molecule has 1 unspecified atom stereocenters. The molecule has 0 aliphatic carbocycles. The molecule has 2 N–H and O–H groups in total. The van der Waals surface area contributed by atoms with E-state index < -0.39 is 11.8 Å². The molecule has 1 aliphatic rings. The zero-order valence-corrected chi connectivity index (χ0v) is 16.6. The second kappa shape index (κ2) is 6.80. The molecular weight excluding hydrogens is 356 g/mol. The van der Waals surface area contributed by atoms with Gasteiger partial charge in [0.25, 0.3) is 0 Å². The summed E-state index contributed by atoms with van der Waals surface area (Å²) in [4.78, 5) is 17.7. The van der Waals surface area contributed by atoms with E-state index in [1.54, 1.807) is 38.1 Å². The van der Waals surface area contributed by atoms with Gasteiger partial charge in [-0.05, 0) is 43.5 Å². The third kappa shape index (κ3) is 3.64. The van der Waals surface area contributed by atoms with Crippen LogP contribution in [0.4, 0.5) is 10.5 Å². The maximum absolute atomic E-state index is 12.2. The summed E-state index contributed by atoms with van der Waals surface area (Å²) >= 11 is 0. The van der Waals surface area contributed by atoms with Crippen LogP contribution in [0.3, 0.4) is 0 Å². The summed E-state index contributed by atoms with van der Waals surface area (Å²) in [7, 11) is 0. The Morgan fingerprint density at radius 1 is 1.29 bits per heavy atom. The molecule has 3 rings (SSSR count). The molecule has 2 amide bonds. The topological polar surface area (TPSA) is 98.5 Å². The maximum Gasteiger partial charge on any atom is 0.324 e. The first kappa shape index (κ1) is 19.6. The molecule has 1 aliphatic heterocycles. The highest BCUT2D eigenvalue weighted by atomic mass is 16.5. The van der Waals surface area contributed by atoms with Crippen molar-refractivity contribution in [3.63, 3.8) is 0 Å². The molecule has 1 aromatic heterocycles. The number of rotatable bonds is 3. The van der Waals surface area contributed by atoms with E-state index in [9.17, 15) is 9.90 Å². The average molecular weight is 380 g/mol. The molecule has 1 aromatic carbocycles. The van der Waals surface area contributed by atoms with Crippen LogP contribution in [0.15, 0.2) is 36.5 Å². The predicted molar refractivity (Wildman–Crippen MR) is 105 cm³/mol. The Balaban J connectivity index is 1.86. The van der Waals surface area contributed by atoms with Gasteiger partial charge in [0, 0.05) is 11.6 Å². The van der Waals surface area contributed by atoms with Crippen molar-refractivity contribution in [2.75, 3.05) is 4.90 Å². The Bertz CT molecular complexity index is 940. The van der Waals surface area contributed by atoms with Crippen molar-refractivity contribution in [3.8, 4) is 17.7 Å². The SMILES string of the molecule is CC(C)(C)c1cc(C#N)ccc1Oc1ccc(N2C(=O)NC(C)(C)C2O)cn1. The highest BCUT2D eigenvalue weighted by Gasteiger charge is 2.45. The number of ether oxygens (including phenoxy) is 1. The minimum Gasteiger partial charge on any atom is -0.439 e. The van der Waals surface area contributed by atoms with E-state index in [0.29, 0.717) is 22.9 Å². The van der Waals surface area contributed by atoms with Crippen molar-refractivity contribution in [1.82, 2.24) is 10.3 Å². The monoisotopic (exact) mass is 380 g/mol. The lowest BCUT2D eigenvalue weighted by molar-refractivity contribution is 0.120. The van der Waals surface area contributed by atoms with Gasteiger partial charge in [-0.2, -0.15) is 5.26 Å². The number of aromatic nitrogens is 1. The first-order chi connectivity index (χ1) is 13.0. The number of hydrogen-bond donors (Lipinski definition) is 2. The number of nitriles is 1. The van der Waals surface area contributed by atoms with Crippen LogP contribution in [0, 0.1) is 11.3 Å². The summed E-state index contributed by atoms with van der Waals surface area (Å²) in [6.45, 7) is 9.63. The van der Waals surface area contributed by atoms with E-state index in [2.05, 4.69) is 16.4 Å². The molecule has 0 saturated carbocycles. The summed E-state index contributed by atoms with van der Waals surface area (Å²) < 4.78 is 5.95. The van der Waals surface area contributed by atoms with E-state index in [1.807, 2.05) is 26.8 Å². The van der Waals surface area contributed by atoms with E-state index in [0.717, 1.165) is 5.56 Å². The van der Waals surface area contributed by atoms with Crippen LogP contribution in [0.2, 0.25) is 0 Å². The number of benzene rings is 1. The lowest BCUT2D eigenvalue weighted by Crippen LogP contribution is -2.44. The van der Waals surface area contributed by atoms with Crippen LogP contribution in [0.1, 0.15) is 45.7 Å². The van der Waals surface area contributed by atoms with Gasteiger partial charge in [0.05, 0.1) is 29.1 Å². The fourth-order valence-corrected chi connectivity index (χ4v) is 3.06. The third-order valence-electron chi connectivity index (χ3n) is 4.67. The number of nitrogens with one attached hydrogen (secondary N) is 1. The van der Waals surface area contributed by atoms with Gasteiger partial charge in [-0.3, -0.25) is 4.90 Å². The van der Waals surface area contributed by atoms with Crippen molar-refractivity contribution in [2.24, 2.45) is 0 Å². The van der Waals surface area contributed by atoms with Gasteiger partial charge in [0.2, 0.25) is 5.88 Å². The molecule has 7 heteroatoms. The van der Waals surface area contributed by atoms with Crippen molar-refractivity contribution >= 4 is 11.7 Å². The molecule has 0 radical (unpaired) electrons. The average Bonchev–Trinajstić information content (AvgIpc) is 2.82. The first-order valence-corrected chi connectivity index (χ1v) is 9.01. The highest BCUT2D eigenvalue weighted by Crippen LogP contribution is 2.35. The number of carbonyl (C=O) groups is 1. The number of pyridine rings is 1. The summed E-state index contributed by atoms with van der Waals surface area (Å²) in [6.07, 6.45) is 0.486. The molecule has 2 heterocycles. The summed E-state index contributed by atoms with van der Waals surface area (Å²) in [5.41, 5.74) is 0.964. The first-order valence-electron chi connectivity index (χ1n) is 9.01. The Morgan fingerprint density at radius 2 is 2.00 bits per heavy atom. The molecular formula is C21H24N4O3. The number of hydrogen-bond acceptors (Lipinski definition) is 5. The van der Waals surface area contributed by atoms with Crippen molar-refractivity contribution in [3.05, 3.63) is 47.7 Å². The van der Waals surface area contributed by atoms with Crippen LogP contribution in [0.25, 0.3) is 0 Å². The minimum absolute atomic E-state index is 0.217. The lowest BCUT2D eigenvalue weighted by Gasteiger charge is -2.25. The molecule has 7 nitrogen and oxygen atoms in total. The van der Waals surface area contributed by atoms with Crippen LogP contribution in [-0.2, 0) is 5.41 Å². The van der Waals surface area contributed by atoms with Crippen molar-refractivity contribution in [1.29, 1.82) is 5.26 Å². The van der Waals surface area contributed by atoms with Gasteiger partial charge >= 0.3 is 6.03 Å². The van der Waals surface area contributed by atoms with Crippen molar-refractivity contribution < 1.29 is 14.6 Å². The normalized spacial score (nSPS) is 18.5. The summed E-state index contributed by atoms with van der Waals surface area (Å²) in [5, 5.41) is 22.3. The molecule has 1 atom stereocenters. The van der Waals surface area contributed by atoms with Gasteiger partial charge in [-0.1, -0.05) is 20.8 Å². The molecule has 0 bridgehead atoms. The second-order valence-corrected chi connectivity index (χ2v) is 8.42. The van der Waals surface area contributed by atoms with Gasteiger partial charge in [-0.15, -0.1) is 0 Å². The minimum atomic E-state index is -1.00. The third-order valence-corrected chi connectivity index (χ3v) is 4.67. The number of carbonyl (C=O) groups excluding carboxylic acids is 1. The van der Waals surface area contributed by atoms with E-state index in [1.165, 1.54) is 11.1 Å². The Labute approximate surface area is 164 Å². The van der Waals surface area contributed by atoms with Gasteiger partial charge in [0.15, 0.2) is 6.23 Å². The quantitative estimate of drug-likeness (QED) is 0.846. The summed E-state index contributed by atoms with van der Waals surface area (Å²) in [6, 6.07) is 10.4. The van der Waals surface area contributed by atoms with Crippen LogP contribution >= 0.6 is 0 Å². The molecule has 1 saturated heterocycles. The summed E-state index contributed by atoms with van der Waals surface area (Å²) in [5.74, 6) is 0.971. The predicted octanol–water partition coefficient (Wildman–Crippen LogP) is 3.67. The highest BCUT2D eigenvalue weighted by molar-refractivity contribution is 5.95. The molecule has 28 heavy (non-hydrogen) atoms. The standard InChI is InChI=1S/C21H24N4O3/c1-20(2,3)15-10-13(11-22)6-8-16(15)28-17-9-7-14(12-23-17)25-18(26)21(4,5)24-19(25)27/h6-10,12,18,26H,1-5H3,(H,24,27). The fraction of sp³-hybridized carbons (Fsp3) is 0.381. The van der Waals surface area contributed by atoms with E-state index in [-0.39, 0.29) is 11.4 Å². The van der Waals surface area contributed by atoms with Gasteiger partial charge in [-0.25, -0.2) is 9.78 Å². The molecule has 2 aromatic rings. The van der Waals surface area contributed by atoms with E-state index >= 15 is 0 Å². The zero-order chi connectivity index (χ0) is 20.7. The van der Waals surface area contributed by atoms with Gasteiger partial charge in [0.1, 0.15) is 5.75 Å². The van der Waals surface area contributed by atoms with Crippen LogP contribution in [-0.4, -0.2) is 27.9 Å².